The molecule has 0 saturated carbocycles. The van der Waals surface area contributed by atoms with Gasteiger partial charge in [0.2, 0.25) is 11.8 Å². The minimum Gasteiger partial charge on any atom is -0.496 e. The van der Waals surface area contributed by atoms with E-state index < -0.39 is 12.1 Å². The van der Waals surface area contributed by atoms with Gasteiger partial charge in [-0.1, -0.05) is 87.4 Å². The Morgan fingerprint density at radius 1 is 0.685 bits per heavy atom. The number of para-hydroxylation sites is 2. The molecule has 2 amide bonds. The summed E-state index contributed by atoms with van der Waals surface area (Å²) in [6.45, 7) is 15.0. The van der Waals surface area contributed by atoms with E-state index in [1.54, 1.807) is 14.2 Å². The number of fused-ring (bicyclic) bond motifs is 2. The first-order valence-corrected chi connectivity index (χ1v) is 20.9. The summed E-state index contributed by atoms with van der Waals surface area (Å²) in [4.78, 5) is 41.8. The van der Waals surface area contributed by atoms with Crippen LogP contribution in [0.25, 0.3) is 22.5 Å². The fraction of sp³-hybridized carbons (Fsp3) is 0.500. The first kappa shape index (κ1) is 39.7. The highest BCUT2D eigenvalue weighted by molar-refractivity contribution is 8.76. The fourth-order valence-electron chi connectivity index (χ4n) is 7.59. The predicted octanol–water partition coefficient (Wildman–Crippen LogP) is 6.03. The van der Waals surface area contributed by atoms with Gasteiger partial charge in [0.05, 0.1) is 49.8 Å². The Kier molecular flexibility index (Phi) is 11.8. The number of methoxy groups -OCH3 is 2. The maximum atomic E-state index is 14.0. The van der Waals surface area contributed by atoms with Crippen molar-refractivity contribution in [1.29, 1.82) is 0 Å². The van der Waals surface area contributed by atoms with Gasteiger partial charge in [-0.3, -0.25) is 9.59 Å². The Hall–Kier alpha value is -3.98. The van der Waals surface area contributed by atoms with E-state index in [4.69, 9.17) is 30.9 Å². The van der Waals surface area contributed by atoms with Crippen molar-refractivity contribution in [1.82, 2.24) is 28.9 Å². The number of imidazole rings is 2. The molecule has 0 aliphatic carbocycles. The molecule has 0 saturated heterocycles. The van der Waals surface area contributed by atoms with Crippen molar-refractivity contribution in [3.63, 3.8) is 0 Å². The maximum Gasteiger partial charge on any atom is 0.241 e. The van der Waals surface area contributed by atoms with Crippen LogP contribution in [0.15, 0.2) is 60.9 Å². The van der Waals surface area contributed by atoms with Crippen LogP contribution in [0.3, 0.4) is 0 Å². The molecule has 290 valence electrons. The normalized spacial score (nSPS) is 18.5. The molecule has 0 fully saturated rings. The highest BCUT2D eigenvalue weighted by Gasteiger charge is 2.43. The Labute approximate surface area is 326 Å². The van der Waals surface area contributed by atoms with Crippen molar-refractivity contribution in [3.8, 4) is 34.0 Å². The number of carbonyl (C=O) groups excluding carboxylic acids is 2. The third-order valence-electron chi connectivity index (χ3n) is 10.1. The van der Waals surface area contributed by atoms with E-state index in [2.05, 4.69) is 50.7 Å². The number of amides is 2. The zero-order valence-corrected chi connectivity index (χ0v) is 34.2. The molecule has 2 aliphatic rings. The quantitative estimate of drug-likeness (QED) is 0.137. The summed E-state index contributed by atoms with van der Waals surface area (Å²) in [6, 6.07) is 13.7. The van der Waals surface area contributed by atoms with Crippen molar-refractivity contribution < 1.29 is 19.1 Å². The summed E-state index contributed by atoms with van der Waals surface area (Å²) >= 11 is 0. The van der Waals surface area contributed by atoms with E-state index in [0.29, 0.717) is 37.7 Å². The van der Waals surface area contributed by atoms with Crippen molar-refractivity contribution in [2.45, 2.75) is 78.8 Å². The first-order chi connectivity index (χ1) is 25.6. The van der Waals surface area contributed by atoms with Crippen LogP contribution >= 0.6 is 21.6 Å². The lowest BCUT2D eigenvalue weighted by Crippen LogP contribution is -2.53. The van der Waals surface area contributed by atoms with Crippen LogP contribution < -0.4 is 20.9 Å². The van der Waals surface area contributed by atoms with E-state index in [-0.39, 0.29) is 34.7 Å². The molecule has 0 bridgehead atoms. The Morgan fingerprint density at radius 3 is 1.41 bits per heavy atom. The van der Waals surface area contributed by atoms with E-state index in [1.807, 2.05) is 70.7 Å². The number of benzene rings is 2. The minimum absolute atomic E-state index is 0.110. The van der Waals surface area contributed by atoms with Crippen LogP contribution in [0.5, 0.6) is 11.5 Å². The standard InChI is InChI=1S/C40H54N8O4S2/c1-39(2,3)33-35-43-29(25-13-9-11-15-31(25)51-7)21-45(35)17-19-47(33)37(49)27(41)23-53-54-24-28(42)38(50)48-20-18-46-22-30(26-14-10-12-16-32(26)52-8)44-36(46)34(48)40(4,5)6/h9-16,21-22,27-28,33-34H,17-20,23-24,41-42H2,1-8H3/t27-,28-,33+,34+/m0/s1. The minimum atomic E-state index is -0.724. The third-order valence-corrected chi connectivity index (χ3v) is 12.6. The molecule has 12 nitrogen and oxygen atoms in total. The number of aromatic nitrogens is 4. The molecule has 2 aromatic heterocycles. The number of rotatable bonds is 11. The van der Waals surface area contributed by atoms with Gasteiger partial charge in [0, 0.05) is 61.2 Å². The molecule has 4 aromatic rings. The monoisotopic (exact) mass is 774 g/mol. The summed E-state index contributed by atoms with van der Waals surface area (Å²) < 4.78 is 15.5. The lowest BCUT2D eigenvalue weighted by molar-refractivity contribution is -0.139. The summed E-state index contributed by atoms with van der Waals surface area (Å²) in [7, 11) is 6.26. The first-order valence-electron chi connectivity index (χ1n) is 18.4. The Bertz CT molecular complexity index is 1830. The van der Waals surface area contributed by atoms with Crippen molar-refractivity contribution in [3.05, 3.63) is 72.6 Å². The molecule has 0 spiro atoms. The second-order valence-corrected chi connectivity index (χ2v) is 18.7. The molecule has 4 atom stereocenters. The van der Waals surface area contributed by atoms with Gasteiger partial charge in [0.25, 0.3) is 0 Å². The lowest BCUT2D eigenvalue weighted by atomic mass is 9.83. The highest BCUT2D eigenvalue weighted by atomic mass is 33.1. The molecule has 4 N–H and O–H groups in total. The number of hydrogen-bond acceptors (Lipinski definition) is 10. The van der Waals surface area contributed by atoms with Gasteiger partial charge in [0.15, 0.2) is 0 Å². The average Bonchev–Trinajstić information content (AvgIpc) is 3.78. The lowest BCUT2D eigenvalue weighted by Gasteiger charge is -2.44. The zero-order chi connectivity index (χ0) is 38.9. The van der Waals surface area contributed by atoms with E-state index in [0.717, 1.165) is 45.7 Å². The summed E-state index contributed by atoms with van der Waals surface area (Å²) in [6.07, 6.45) is 4.09. The van der Waals surface area contributed by atoms with Gasteiger partial charge >= 0.3 is 0 Å². The maximum absolute atomic E-state index is 14.0. The molecular formula is C40H54N8O4S2. The van der Waals surface area contributed by atoms with Crippen LogP contribution in [-0.4, -0.2) is 91.6 Å². The van der Waals surface area contributed by atoms with Crippen molar-refractivity contribution >= 4 is 33.4 Å². The third kappa shape index (κ3) is 8.02. The Balaban J connectivity index is 1.08. The van der Waals surface area contributed by atoms with Gasteiger partial charge in [-0.2, -0.15) is 0 Å². The molecule has 6 rings (SSSR count). The van der Waals surface area contributed by atoms with Gasteiger partial charge in [-0.25, -0.2) is 9.97 Å². The molecule has 0 unspecified atom stereocenters. The second kappa shape index (κ2) is 16.0. The van der Waals surface area contributed by atoms with Crippen LogP contribution in [0.4, 0.5) is 0 Å². The number of ether oxygens (including phenoxy) is 2. The van der Waals surface area contributed by atoms with E-state index in [9.17, 15) is 9.59 Å². The Morgan fingerprint density at radius 2 is 1.06 bits per heavy atom. The number of nitrogens with zero attached hydrogens (tertiary/aromatic N) is 6. The largest absolute Gasteiger partial charge is 0.496 e. The zero-order valence-electron chi connectivity index (χ0n) is 32.6. The number of carbonyl (C=O) groups is 2. The second-order valence-electron chi connectivity index (χ2n) is 16.1. The molecule has 4 heterocycles. The topological polar surface area (TPSA) is 147 Å². The van der Waals surface area contributed by atoms with Crippen LogP contribution in [0.2, 0.25) is 0 Å². The molecule has 54 heavy (non-hydrogen) atoms. The SMILES string of the molecule is COc1ccccc1-c1cn2c(n1)[C@H](C(C)(C)C)N(C(=O)[C@@H](N)CSSC[C@H](N)C(=O)N1CCn3cc(-c4ccccc4OC)nc3[C@@H]1C(C)(C)C)CC2. The molecule has 2 aliphatic heterocycles. The molecular weight excluding hydrogens is 721 g/mol. The van der Waals surface area contributed by atoms with Gasteiger partial charge in [0.1, 0.15) is 23.1 Å². The number of nitrogens with two attached hydrogens (primary N) is 2. The fourth-order valence-corrected chi connectivity index (χ4v) is 9.82. The van der Waals surface area contributed by atoms with Crippen molar-refractivity contribution in [2.24, 2.45) is 22.3 Å². The molecule has 0 radical (unpaired) electrons. The van der Waals surface area contributed by atoms with Crippen LogP contribution in [-0.2, 0) is 22.7 Å². The van der Waals surface area contributed by atoms with Gasteiger partial charge < -0.3 is 39.9 Å². The number of hydrogen-bond donors (Lipinski definition) is 2. The highest BCUT2D eigenvalue weighted by Crippen LogP contribution is 2.43. The molecule has 14 heteroatoms. The summed E-state index contributed by atoms with van der Waals surface area (Å²) in [5, 5.41) is 0. The van der Waals surface area contributed by atoms with Gasteiger partial charge in [-0.15, -0.1) is 0 Å². The van der Waals surface area contributed by atoms with Crippen molar-refractivity contribution in [2.75, 3.05) is 38.8 Å². The average molecular weight is 775 g/mol. The smallest absolute Gasteiger partial charge is 0.241 e. The molecule has 2 aromatic carbocycles. The van der Waals surface area contributed by atoms with E-state index in [1.165, 1.54) is 21.6 Å². The predicted molar refractivity (Wildman–Crippen MR) is 217 cm³/mol. The van der Waals surface area contributed by atoms with E-state index >= 15 is 0 Å². The summed E-state index contributed by atoms with van der Waals surface area (Å²) in [5.41, 5.74) is 16.0. The van der Waals surface area contributed by atoms with Crippen LogP contribution in [0, 0.1) is 10.8 Å². The van der Waals surface area contributed by atoms with Gasteiger partial charge in [-0.05, 0) is 35.1 Å². The van der Waals surface area contributed by atoms with Crippen LogP contribution in [0.1, 0.15) is 65.3 Å². The summed E-state index contributed by atoms with van der Waals surface area (Å²) in [5.74, 6) is 3.73.